The maximum Gasteiger partial charge on any atom is 0.419 e. The summed E-state index contributed by atoms with van der Waals surface area (Å²) in [5, 5.41) is 14.7. The smallest absolute Gasteiger partial charge is 0.419 e. The van der Waals surface area contributed by atoms with Crippen molar-refractivity contribution in [3.05, 3.63) is 59.5 Å². The van der Waals surface area contributed by atoms with Crippen LogP contribution >= 0.6 is 0 Å². The Morgan fingerprint density at radius 2 is 1.90 bits per heavy atom. The Balaban J connectivity index is 1.74. The number of aromatic hydroxyl groups is 1. The minimum atomic E-state index is -4.92. The normalized spacial score (nSPS) is 16.8. The molecule has 0 atom stereocenters. The summed E-state index contributed by atoms with van der Waals surface area (Å²) >= 11 is 0. The number of halogens is 4. The number of nitrogens with zero attached hydrogens (tertiary/aromatic N) is 2. The summed E-state index contributed by atoms with van der Waals surface area (Å²) in [5.41, 5.74) is 1.61. The van der Waals surface area contributed by atoms with Crippen LogP contribution in [0.3, 0.4) is 0 Å². The van der Waals surface area contributed by atoms with Crippen LogP contribution in [0, 0.1) is 11.2 Å². The second-order valence-corrected chi connectivity index (χ2v) is 8.27. The van der Waals surface area contributed by atoms with Gasteiger partial charge in [0.2, 0.25) is 0 Å². The number of aromatic nitrogens is 2. The number of allylic oxidation sites excluding steroid dienone is 2. The van der Waals surface area contributed by atoms with Crippen LogP contribution in [-0.2, 0) is 6.18 Å². The maximum atomic E-state index is 13.7. The first-order chi connectivity index (χ1) is 13.5. The van der Waals surface area contributed by atoms with Gasteiger partial charge in [-0.15, -0.1) is 0 Å². The van der Waals surface area contributed by atoms with Gasteiger partial charge < -0.3 is 5.11 Å². The van der Waals surface area contributed by atoms with E-state index >= 15 is 0 Å². The number of rotatable bonds is 2. The van der Waals surface area contributed by atoms with Crippen molar-refractivity contribution in [2.24, 2.45) is 5.41 Å². The zero-order valence-corrected chi connectivity index (χ0v) is 16.0. The summed E-state index contributed by atoms with van der Waals surface area (Å²) in [5.74, 6) is -2.75. The van der Waals surface area contributed by atoms with E-state index in [2.05, 4.69) is 25.0 Å². The largest absolute Gasteiger partial charge is 0.505 e. The van der Waals surface area contributed by atoms with Crippen LogP contribution < -0.4 is 0 Å². The van der Waals surface area contributed by atoms with Gasteiger partial charge in [0, 0.05) is 17.6 Å². The van der Waals surface area contributed by atoms with Gasteiger partial charge in [0.15, 0.2) is 11.6 Å². The minimum absolute atomic E-state index is 0.0624. The molecule has 7 heteroatoms. The molecule has 29 heavy (non-hydrogen) atoms. The van der Waals surface area contributed by atoms with Gasteiger partial charge in [0.05, 0.1) is 16.8 Å². The summed E-state index contributed by atoms with van der Waals surface area (Å²) in [6.07, 6.45) is 1.95. The number of phenols is 1. The fourth-order valence-electron chi connectivity index (χ4n) is 3.63. The highest BCUT2D eigenvalue weighted by molar-refractivity contribution is 5.83. The van der Waals surface area contributed by atoms with E-state index in [1.165, 1.54) is 10.3 Å². The molecule has 4 rings (SSSR count). The van der Waals surface area contributed by atoms with E-state index in [9.17, 15) is 22.7 Å². The average Bonchev–Trinajstić information content (AvgIpc) is 3.06. The van der Waals surface area contributed by atoms with Crippen molar-refractivity contribution in [1.82, 2.24) is 9.78 Å². The SMILES string of the molecule is CC1(C)CC=C(c2ccc3nn(-c4cc(O)c(F)c(C(F)(F)F)c4)cc3c2)CC1. The lowest BCUT2D eigenvalue weighted by atomic mass is 9.77. The summed E-state index contributed by atoms with van der Waals surface area (Å²) in [4.78, 5) is 0. The van der Waals surface area contributed by atoms with E-state index in [4.69, 9.17) is 0 Å². The average molecular weight is 404 g/mol. The lowest BCUT2D eigenvalue weighted by Gasteiger charge is -2.28. The molecule has 3 nitrogen and oxygen atoms in total. The predicted octanol–water partition coefficient (Wildman–Crippen LogP) is 6.48. The first kappa shape index (κ1) is 19.5. The van der Waals surface area contributed by atoms with Gasteiger partial charge in [-0.3, -0.25) is 0 Å². The van der Waals surface area contributed by atoms with Crippen molar-refractivity contribution in [1.29, 1.82) is 0 Å². The molecule has 152 valence electrons. The van der Waals surface area contributed by atoms with Crippen molar-refractivity contribution in [2.45, 2.75) is 39.3 Å². The Hall–Kier alpha value is -2.83. The number of hydrogen-bond donors (Lipinski definition) is 1. The Kier molecular flexibility index (Phi) is 4.44. The molecule has 0 aliphatic heterocycles. The van der Waals surface area contributed by atoms with Gasteiger partial charge in [-0.05, 0) is 54.0 Å². The molecule has 0 unspecified atom stereocenters. The fourth-order valence-corrected chi connectivity index (χ4v) is 3.63. The van der Waals surface area contributed by atoms with E-state index in [0.717, 1.165) is 36.3 Å². The molecule has 1 aliphatic carbocycles. The summed E-state index contributed by atoms with van der Waals surface area (Å²) < 4.78 is 54.1. The van der Waals surface area contributed by atoms with E-state index in [1.807, 2.05) is 18.2 Å². The zero-order valence-electron chi connectivity index (χ0n) is 16.0. The highest BCUT2D eigenvalue weighted by Crippen LogP contribution is 2.39. The first-order valence-electron chi connectivity index (χ1n) is 9.32. The number of benzene rings is 2. The standard InChI is InChI=1S/C22H20F4N2O/c1-21(2)7-5-13(6-8-21)14-3-4-18-15(9-14)12-28(27-18)16-10-17(22(24,25)26)20(23)19(29)11-16/h3-5,9-12,29H,6-8H2,1-2H3. The second-order valence-electron chi connectivity index (χ2n) is 8.27. The molecule has 0 fully saturated rings. The van der Waals surface area contributed by atoms with E-state index in [1.54, 1.807) is 6.20 Å². The molecule has 0 spiro atoms. The van der Waals surface area contributed by atoms with E-state index in [-0.39, 0.29) is 5.69 Å². The quantitative estimate of drug-likeness (QED) is 0.496. The van der Waals surface area contributed by atoms with Gasteiger partial charge >= 0.3 is 6.18 Å². The molecule has 1 aliphatic rings. The topological polar surface area (TPSA) is 38.0 Å². The van der Waals surface area contributed by atoms with Crippen LogP contribution in [0.2, 0.25) is 0 Å². The maximum absolute atomic E-state index is 13.7. The lowest BCUT2D eigenvalue weighted by molar-refractivity contribution is -0.140. The van der Waals surface area contributed by atoms with Crippen LogP contribution in [0.25, 0.3) is 22.2 Å². The molecule has 1 aromatic heterocycles. The third-order valence-corrected chi connectivity index (χ3v) is 5.46. The van der Waals surface area contributed by atoms with Crippen LogP contribution in [0.4, 0.5) is 17.6 Å². The predicted molar refractivity (Wildman–Crippen MR) is 103 cm³/mol. The van der Waals surface area contributed by atoms with Gasteiger partial charge in [0.25, 0.3) is 0 Å². The van der Waals surface area contributed by atoms with Crippen LogP contribution in [0.1, 0.15) is 44.2 Å². The van der Waals surface area contributed by atoms with Crippen LogP contribution in [0.5, 0.6) is 5.75 Å². The van der Waals surface area contributed by atoms with E-state index in [0.29, 0.717) is 17.0 Å². The molecule has 0 amide bonds. The molecule has 2 aromatic carbocycles. The van der Waals surface area contributed by atoms with Gasteiger partial charge in [-0.1, -0.05) is 26.0 Å². The van der Waals surface area contributed by atoms with Crippen molar-refractivity contribution in [2.75, 3.05) is 0 Å². The number of fused-ring (bicyclic) bond motifs is 1. The second kappa shape index (κ2) is 6.61. The molecule has 1 heterocycles. The number of alkyl halides is 3. The summed E-state index contributed by atoms with van der Waals surface area (Å²) in [7, 11) is 0. The molecule has 3 aromatic rings. The molecule has 0 saturated heterocycles. The van der Waals surface area contributed by atoms with Crippen molar-refractivity contribution in [3.63, 3.8) is 0 Å². The van der Waals surface area contributed by atoms with Gasteiger partial charge in [0.1, 0.15) is 0 Å². The van der Waals surface area contributed by atoms with Crippen molar-refractivity contribution in [3.8, 4) is 11.4 Å². The Morgan fingerprint density at radius 1 is 1.14 bits per heavy atom. The highest BCUT2D eigenvalue weighted by Gasteiger charge is 2.36. The molecular weight excluding hydrogens is 384 g/mol. The van der Waals surface area contributed by atoms with Crippen LogP contribution in [0.15, 0.2) is 42.6 Å². The molecular formula is C22H20F4N2O. The van der Waals surface area contributed by atoms with Gasteiger partial charge in [-0.2, -0.15) is 18.3 Å². The Morgan fingerprint density at radius 3 is 2.55 bits per heavy atom. The van der Waals surface area contributed by atoms with E-state index < -0.39 is 23.3 Å². The Bertz CT molecular complexity index is 1130. The fraction of sp³-hybridized carbons (Fsp3) is 0.318. The number of phenolic OH excluding ortho intramolecular Hbond substituents is 1. The zero-order chi connectivity index (χ0) is 21.0. The summed E-state index contributed by atoms with van der Waals surface area (Å²) in [6.45, 7) is 4.47. The third kappa shape index (κ3) is 3.73. The molecule has 0 saturated carbocycles. The molecule has 0 bridgehead atoms. The summed E-state index contributed by atoms with van der Waals surface area (Å²) in [6, 6.07) is 7.30. The first-order valence-corrected chi connectivity index (χ1v) is 9.32. The lowest BCUT2D eigenvalue weighted by Crippen LogP contribution is -2.13. The number of hydrogen-bond acceptors (Lipinski definition) is 2. The van der Waals surface area contributed by atoms with Gasteiger partial charge in [-0.25, -0.2) is 9.07 Å². The highest BCUT2D eigenvalue weighted by atomic mass is 19.4. The van der Waals surface area contributed by atoms with Crippen molar-refractivity contribution < 1.29 is 22.7 Å². The monoisotopic (exact) mass is 404 g/mol. The third-order valence-electron chi connectivity index (χ3n) is 5.46. The van der Waals surface area contributed by atoms with Crippen LogP contribution in [-0.4, -0.2) is 14.9 Å². The molecule has 0 radical (unpaired) electrons. The minimum Gasteiger partial charge on any atom is -0.505 e. The Labute approximate surface area is 165 Å². The van der Waals surface area contributed by atoms with Crippen molar-refractivity contribution >= 4 is 16.5 Å². The molecule has 1 N–H and O–H groups in total.